The smallest absolute Gasteiger partial charge is 0.246 e. The number of piperidine rings is 1. The van der Waals surface area contributed by atoms with E-state index in [0.717, 1.165) is 0 Å². The van der Waals surface area contributed by atoms with Crippen molar-refractivity contribution in [2.24, 2.45) is 11.1 Å². The molecule has 1 saturated heterocycles. The van der Waals surface area contributed by atoms with Crippen LogP contribution in [0.15, 0.2) is 41.6 Å². The Morgan fingerprint density at radius 2 is 2.04 bits per heavy atom. The molecule has 3 rings (SSSR count). The second-order valence-electron chi connectivity index (χ2n) is 7.01. The first-order valence-corrected chi connectivity index (χ1v) is 9.63. The van der Waals surface area contributed by atoms with Crippen molar-refractivity contribution in [3.05, 3.63) is 36.7 Å². The Morgan fingerprint density at radius 3 is 2.72 bits per heavy atom. The maximum Gasteiger partial charge on any atom is 0.246 e. The average Bonchev–Trinajstić information content (AvgIpc) is 3.07. The fraction of sp³-hybridized carbons (Fsp3) is 0.471. The van der Waals surface area contributed by atoms with Crippen molar-refractivity contribution in [3.63, 3.8) is 0 Å². The molecule has 1 aromatic heterocycles. The van der Waals surface area contributed by atoms with Crippen molar-refractivity contribution in [1.82, 2.24) is 14.1 Å². The number of hydrogen-bond acceptors (Lipinski definition) is 5. The van der Waals surface area contributed by atoms with Crippen LogP contribution in [0.5, 0.6) is 5.75 Å². The van der Waals surface area contributed by atoms with Crippen LogP contribution in [-0.4, -0.2) is 48.7 Å². The highest BCUT2D eigenvalue weighted by Crippen LogP contribution is 2.31. The zero-order valence-electron chi connectivity index (χ0n) is 14.7. The lowest BCUT2D eigenvalue weighted by atomic mass is 9.81. The molecule has 8 heteroatoms. The molecule has 0 radical (unpaired) electrons. The molecule has 1 aromatic carbocycles. The number of ether oxygens (including phenoxy) is 1. The Balaban J connectivity index is 1.91. The van der Waals surface area contributed by atoms with Crippen LogP contribution in [0.25, 0.3) is 5.69 Å². The first kappa shape index (κ1) is 17.9. The van der Waals surface area contributed by atoms with Gasteiger partial charge < -0.3 is 10.5 Å². The van der Waals surface area contributed by atoms with Gasteiger partial charge in [0.05, 0.1) is 19.5 Å². The predicted molar refractivity (Wildman–Crippen MR) is 95.2 cm³/mol. The van der Waals surface area contributed by atoms with Gasteiger partial charge >= 0.3 is 0 Å². The summed E-state index contributed by atoms with van der Waals surface area (Å²) < 4.78 is 34.3. The summed E-state index contributed by atoms with van der Waals surface area (Å²) in [6, 6.07) is 7.32. The molecule has 0 aliphatic carbocycles. The van der Waals surface area contributed by atoms with Gasteiger partial charge in [0.1, 0.15) is 16.3 Å². The Labute approximate surface area is 148 Å². The van der Waals surface area contributed by atoms with Gasteiger partial charge in [0.15, 0.2) is 0 Å². The standard InChI is InChI=1S/C17H24N4O3S/c1-17(2)12-20(9-8-16(17)18)25(22,23)13-10-19-21(11-13)14-6-4-5-7-15(14)24-3/h4-7,10-11,16H,8-9,12,18H2,1-3H3. The quantitative estimate of drug-likeness (QED) is 0.890. The van der Waals surface area contributed by atoms with Crippen molar-refractivity contribution in [2.45, 2.75) is 31.2 Å². The van der Waals surface area contributed by atoms with E-state index in [1.165, 1.54) is 21.4 Å². The van der Waals surface area contributed by atoms with Crippen LogP contribution in [0.1, 0.15) is 20.3 Å². The fourth-order valence-electron chi connectivity index (χ4n) is 3.07. The van der Waals surface area contributed by atoms with E-state index >= 15 is 0 Å². The topological polar surface area (TPSA) is 90.5 Å². The van der Waals surface area contributed by atoms with Crippen molar-refractivity contribution >= 4 is 10.0 Å². The predicted octanol–water partition coefficient (Wildman–Crippen LogP) is 1.63. The lowest BCUT2D eigenvalue weighted by Crippen LogP contribution is -2.53. The highest BCUT2D eigenvalue weighted by Gasteiger charge is 2.39. The third kappa shape index (κ3) is 3.29. The molecule has 1 aliphatic heterocycles. The Hall–Kier alpha value is -1.90. The number of hydrogen-bond donors (Lipinski definition) is 1. The van der Waals surface area contributed by atoms with Gasteiger partial charge in [-0.05, 0) is 24.0 Å². The van der Waals surface area contributed by atoms with Gasteiger partial charge in [0.25, 0.3) is 0 Å². The van der Waals surface area contributed by atoms with Gasteiger partial charge in [0.2, 0.25) is 10.0 Å². The summed E-state index contributed by atoms with van der Waals surface area (Å²) in [5.74, 6) is 0.625. The molecule has 136 valence electrons. The van der Waals surface area contributed by atoms with Crippen molar-refractivity contribution in [3.8, 4) is 11.4 Å². The lowest BCUT2D eigenvalue weighted by molar-refractivity contribution is 0.155. The summed E-state index contributed by atoms with van der Waals surface area (Å²) in [6.07, 6.45) is 3.55. The number of rotatable bonds is 4. The van der Waals surface area contributed by atoms with E-state index in [0.29, 0.717) is 30.9 Å². The van der Waals surface area contributed by atoms with E-state index in [1.54, 1.807) is 13.2 Å². The minimum absolute atomic E-state index is 0.00440. The molecule has 0 spiro atoms. The molecule has 2 aromatic rings. The zero-order valence-corrected chi connectivity index (χ0v) is 15.5. The van der Waals surface area contributed by atoms with E-state index in [1.807, 2.05) is 32.0 Å². The molecule has 1 atom stereocenters. The largest absolute Gasteiger partial charge is 0.494 e. The van der Waals surface area contributed by atoms with Crippen LogP contribution in [0.4, 0.5) is 0 Å². The Morgan fingerprint density at radius 1 is 1.32 bits per heavy atom. The molecule has 2 heterocycles. The van der Waals surface area contributed by atoms with Gasteiger partial charge in [-0.3, -0.25) is 0 Å². The summed E-state index contributed by atoms with van der Waals surface area (Å²) >= 11 is 0. The number of nitrogens with zero attached hydrogens (tertiary/aromatic N) is 3. The Bertz CT molecular complexity index is 860. The molecule has 2 N–H and O–H groups in total. The third-order valence-corrected chi connectivity index (χ3v) is 6.60. The summed E-state index contributed by atoms with van der Waals surface area (Å²) in [7, 11) is -2.04. The van der Waals surface area contributed by atoms with Gasteiger partial charge in [-0.25, -0.2) is 13.1 Å². The van der Waals surface area contributed by atoms with Crippen LogP contribution in [0.2, 0.25) is 0 Å². The average molecular weight is 364 g/mol. The van der Waals surface area contributed by atoms with Crippen LogP contribution in [0.3, 0.4) is 0 Å². The van der Waals surface area contributed by atoms with Crippen molar-refractivity contribution in [2.75, 3.05) is 20.2 Å². The van der Waals surface area contributed by atoms with Gasteiger partial charge in [-0.2, -0.15) is 9.40 Å². The van der Waals surface area contributed by atoms with Crippen LogP contribution in [-0.2, 0) is 10.0 Å². The molecular formula is C17H24N4O3S. The molecule has 25 heavy (non-hydrogen) atoms. The number of sulfonamides is 1. The van der Waals surface area contributed by atoms with Crippen LogP contribution in [0, 0.1) is 5.41 Å². The Kier molecular flexibility index (Phi) is 4.61. The molecule has 0 amide bonds. The maximum atomic E-state index is 13.0. The second kappa shape index (κ2) is 6.44. The SMILES string of the molecule is COc1ccccc1-n1cc(S(=O)(=O)N2CCC(N)C(C)(C)C2)cn1. The minimum atomic E-state index is -3.61. The normalized spacial score (nSPS) is 21.2. The highest BCUT2D eigenvalue weighted by atomic mass is 32.2. The van der Waals surface area contributed by atoms with E-state index in [-0.39, 0.29) is 16.4 Å². The van der Waals surface area contributed by atoms with Gasteiger partial charge in [-0.1, -0.05) is 26.0 Å². The molecule has 1 aliphatic rings. The molecule has 1 unspecified atom stereocenters. The monoisotopic (exact) mass is 364 g/mol. The zero-order chi connectivity index (χ0) is 18.2. The number of aromatic nitrogens is 2. The highest BCUT2D eigenvalue weighted by molar-refractivity contribution is 7.89. The van der Waals surface area contributed by atoms with Crippen molar-refractivity contribution in [1.29, 1.82) is 0 Å². The number of nitrogens with two attached hydrogens (primary N) is 1. The number of methoxy groups -OCH3 is 1. The van der Waals surface area contributed by atoms with Gasteiger partial charge in [0, 0.05) is 19.1 Å². The summed E-state index contributed by atoms with van der Waals surface area (Å²) in [5, 5.41) is 4.21. The summed E-state index contributed by atoms with van der Waals surface area (Å²) in [5.41, 5.74) is 6.54. The van der Waals surface area contributed by atoms with Crippen molar-refractivity contribution < 1.29 is 13.2 Å². The van der Waals surface area contributed by atoms with E-state index < -0.39 is 10.0 Å². The molecular weight excluding hydrogens is 340 g/mol. The van der Waals surface area contributed by atoms with Crippen LogP contribution >= 0.6 is 0 Å². The molecule has 7 nitrogen and oxygen atoms in total. The number of benzene rings is 1. The first-order chi connectivity index (χ1) is 11.8. The third-order valence-electron chi connectivity index (χ3n) is 4.81. The minimum Gasteiger partial charge on any atom is -0.494 e. The van der Waals surface area contributed by atoms with E-state index in [4.69, 9.17) is 10.5 Å². The summed E-state index contributed by atoms with van der Waals surface area (Å²) in [6.45, 7) is 4.82. The molecule has 1 fully saturated rings. The van der Waals surface area contributed by atoms with E-state index in [9.17, 15) is 8.42 Å². The lowest BCUT2D eigenvalue weighted by Gasteiger charge is -2.41. The summed E-state index contributed by atoms with van der Waals surface area (Å²) in [4.78, 5) is 0.171. The van der Waals surface area contributed by atoms with E-state index in [2.05, 4.69) is 5.10 Å². The second-order valence-corrected chi connectivity index (χ2v) is 8.95. The van der Waals surface area contributed by atoms with Crippen LogP contribution < -0.4 is 10.5 Å². The molecule has 0 saturated carbocycles. The number of para-hydroxylation sites is 2. The first-order valence-electron chi connectivity index (χ1n) is 8.19. The maximum absolute atomic E-state index is 13.0. The fourth-order valence-corrected chi connectivity index (χ4v) is 4.63. The molecule has 0 bridgehead atoms. The van der Waals surface area contributed by atoms with Gasteiger partial charge in [-0.15, -0.1) is 0 Å².